The lowest BCUT2D eigenvalue weighted by atomic mass is 9.69. The number of aryl methyl sites for hydroxylation is 1. The largest absolute Gasteiger partial charge is 0.207 e. The van der Waals surface area contributed by atoms with Crippen LogP contribution in [0.4, 0.5) is 4.39 Å². The van der Waals surface area contributed by atoms with Crippen LogP contribution in [-0.2, 0) is 6.42 Å². The molecule has 0 N–H and O–H groups in total. The second-order valence-electron chi connectivity index (χ2n) is 7.70. The molecule has 132 valence electrons. The number of benzene rings is 3. The number of rotatable bonds is 3. The molecule has 4 rings (SSSR count). The minimum Gasteiger partial charge on any atom is -0.207 e. The molecule has 0 radical (unpaired) electrons. The van der Waals surface area contributed by atoms with Crippen molar-refractivity contribution in [2.45, 2.75) is 44.4 Å². The van der Waals surface area contributed by atoms with Gasteiger partial charge in [-0.2, -0.15) is 0 Å². The second-order valence-corrected chi connectivity index (χ2v) is 7.70. The Morgan fingerprint density at radius 2 is 1.58 bits per heavy atom. The van der Waals surface area contributed by atoms with Gasteiger partial charge in [0.1, 0.15) is 5.82 Å². The van der Waals surface area contributed by atoms with E-state index in [-0.39, 0.29) is 11.7 Å². The third-order valence-corrected chi connectivity index (χ3v) is 5.76. The monoisotopic (exact) mass is 344 g/mol. The van der Waals surface area contributed by atoms with E-state index in [9.17, 15) is 4.39 Å². The predicted octanol–water partition coefficient (Wildman–Crippen LogP) is 6.81. The molecule has 26 heavy (non-hydrogen) atoms. The Balaban J connectivity index is 1.83. The van der Waals surface area contributed by atoms with Gasteiger partial charge in [0.25, 0.3) is 0 Å². The van der Waals surface area contributed by atoms with Gasteiger partial charge in [0.15, 0.2) is 0 Å². The van der Waals surface area contributed by atoms with Gasteiger partial charge in [-0.15, -0.1) is 0 Å². The van der Waals surface area contributed by atoms with Crippen molar-refractivity contribution >= 4 is 0 Å². The maximum atomic E-state index is 14.1. The molecule has 0 nitrogen and oxygen atoms in total. The van der Waals surface area contributed by atoms with Gasteiger partial charge in [0.05, 0.1) is 0 Å². The van der Waals surface area contributed by atoms with Crippen molar-refractivity contribution in [3.63, 3.8) is 0 Å². The first-order chi connectivity index (χ1) is 12.6. The lowest BCUT2D eigenvalue weighted by molar-refractivity contribution is 0.518. The van der Waals surface area contributed by atoms with Gasteiger partial charge < -0.3 is 0 Å². The molecule has 1 aliphatic rings. The SMILES string of the molecule is CC(C)c1ccc(C2c3cc(F)ccc3CCC2c2ccccc2)cc1. The third kappa shape index (κ3) is 3.19. The zero-order chi connectivity index (χ0) is 18.1. The van der Waals surface area contributed by atoms with Crippen molar-refractivity contribution in [3.8, 4) is 0 Å². The highest BCUT2D eigenvalue weighted by atomic mass is 19.1. The Kier molecular flexibility index (Phi) is 4.63. The predicted molar refractivity (Wildman–Crippen MR) is 106 cm³/mol. The normalized spacial score (nSPS) is 19.4. The third-order valence-electron chi connectivity index (χ3n) is 5.76. The van der Waals surface area contributed by atoms with Gasteiger partial charge in [-0.25, -0.2) is 4.39 Å². The van der Waals surface area contributed by atoms with Crippen LogP contribution in [0.25, 0.3) is 0 Å². The van der Waals surface area contributed by atoms with Gasteiger partial charge in [-0.05, 0) is 64.6 Å². The van der Waals surface area contributed by atoms with E-state index in [1.807, 2.05) is 6.07 Å². The van der Waals surface area contributed by atoms with Crippen LogP contribution < -0.4 is 0 Å². The Labute approximate surface area is 155 Å². The fourth-order valence-electron chi connectivity index (χ4n) is 4.34. The van der Waals surface area contributed by atoms with E-state index in [1.165, 1.54) is 22.3 Å². The summed E-state index contributed by atoms with van der Waals surface area (Å²) >= 11 is 0. The summed E-state index contributed by atoms with van der Waals surface area (Å²) in [7, 11) is 0. The summed E-state index contributed by atoms with van der Waals surface area (Å²) in [6.45, 7) is 4.43. The van der Waals surface area contributed by atoms with Gasteiger partial charge >= 0.3 is 0 Å². The van der Waals surface area contributed by atoms with Gasteiger partial charge in [0.2, 0.25) is 0 Å². The maximum absolute atomic E-state index is 14.1. The fourth-order valence-corrected chi connectivity index (χ4v) is 4.34. The number of halogens is 1. The first-order valence-electron chi connectivity index (χ1n) is 9.56. The van der Waals surface area contributed by atoms with E-state index in [0.29, 0.717) is 11.8 Å². The topological polar surface area (TPSA) is 0 Å². The summed E-state index contributed by atoms with van der Waals surface area (Å²) in [5, 5.41) is 0. The van der Waals surface area contributed by atoms with Crippen LogP contribution in [0, 0.1) is 5.82 Å². The summed E-state index contributed by atoms with van der Waals surface area (Å²) in [4.78, 5) is 0. The molecule has 2 atom stereocenters. The van der Waals surface area contributed by atoms with Crippen molar-refractivity contribution < 1.29 is 4.39 Å². The molecule has 0 heterocycles. The minimum absolute atomic E-state index is 0.138. The van der Waals surface area contributed by atoms with E-state index in [2.05, 4.69) is 68.4 Å². The molecular weight excluding hydrogens is 319 g/mol. The second kappa shape index (κ2) is 7.07. The summed E-state index contributed by atoms with van der Waals surface area (Å²) in [5.74, 6) is 0.972. The van der Waals surface area contributed by atoms with E-state index in [1.54, 1.807) is 12.1 Å². The molecule has 2 unspecified atom stereocenters. The molecule has 0 saturated heterocycles. The highest BCUT2D eigenvalue weighted by Gasteiger charge is 2.32. The quantitative estimate of drug-likeness (QED) is 0.489. The average Bonchev–Trinajstić information content (AvgIpc) is 2.67. The fraction of sp³-hybridized carbons (Fsp3) is 0.280. The van der Waals surface area contributed by atoms with Crippen LogP contribution in [0.3, 0.4) is 0 Å². The average molecular weight is 344 g/mol. The first kappa shape index (κ1) is 17.0. The van der Waals surface area contributed by atoms with Crippen LogP contribution >= 0.6 is 0 Å². The Hall–Kier alpha value is -2.41. The van der Waals surface area contributed by atoms with Gasteiger partial charge in [-0.3, -0.25) is 0 Å². The summed E-state index contributed by atoms with van der Waals surface area (Å²) in [6, 6.07) is 25.0. The van der Waals surface area contributed by atoms with E-state index < -0.39 is 0 Å². The molecule has 0 bridgehead atoms. The zero-order valence-electron chi connectivity index (χ0n) is 15.5. The smallest absolute Gasteiger partial charge is 0.123 e. The first-order valence-corrected chi connectivity index (χ1v) is 9.56. The minimum atomic E-state index is -0.138. The van der Waals surface area contributed by atoms with Gasteiger partial charge in [-0.1, -0.05) is 74.5 Å². The molecule has 0 fully saturated rings. The van der Waals surface area contributed by atoms with Crippen LogP contribution in [0.2, 0.25) is 0 Å². The highest BCUT2D eigenvalue weighted by molar-refractivity contribution is 5.45. The molecule has 1 heteroatoms. The van der Waals surface area contributed by atoms with Gasteiger partial charge in [0, 0.05) is 5.92 Å². The van der Waals surface area contributed by atoms with Crippen molar-refractivity contribution in [1.29, 1.82) is 0 Å². The molecule has 3 aromatic rings. The Bertz CT molecular complexity index is 878. The number of fused-ring (bicyclic) bond motifs is 1. The summed E-state index contributed by atoms with van der Waals surface area (Å²) in [6.07, 6.45) is 2.11. The van der Waals surface area contributed by atoms with Crippen molar-refractivity contribution in [2.75, 3.05) is 0 Å². The molecular formula is C25H25F. The molecule has 0 amide bonds. The maximum Gasteiger partial charge on any atom is 0.123 e. The summed E-state index contributed by atoms with van der Waals surface area (Å²) in [5.41, 5.74) is 6.43. The Morgan fingerprint density at radius 1 is 0.846 bits per heavy atom. The lowest BCUT2D eigenvalue weighted by Crippen LogP contribution is -2.20. The molecule has 1 aliphatic carbocycles. The van der Waals surface area contributed by atoms with Crippen molar-refractivity contribution in [1.82, 2.24) is 0 Å². The number of hydrogen-bond donors (Lipinski definition) is 0. The highest BCUT2D eigenvalue weighted by Crippen LogP contribution is 2.46. The number of hydrogen-bond acceptors (Lipinski definition) is 0. The van der Waals surface area contributed by atoms with Crippen LogP contribution in [0.15, 0.2) is 72.8 Å². The van der Waals surface area contributed by atoms with E-state index in [0.717, 1.165) is 18.4 Å². The molecule has 0 spiro atoms. The Morgan fingerprint density at radius 3 is 2.27 bits per heavy atom. The van der Waals surface area contributed by atoms with Crippen LogP contribution in [-0.4, -0.2) is 0 Å². The van der Waals surface area contributed by atoms with Crippen molar-refractivity contribution in [3.05, 3.63) is 106 Å². The molecule has 0 aliphatic heterocycles. The standard InChI is InChI=1S/C25H25F/c1-17(2)18-8-10-21(11-9-18)25-23(19-6-4-3-5-7-19)15-13-20-12-14-22(26)16-24(20)25/h3-12,14,16-17,23,25H,13,15H2,1-2H3. The van der Waals surface area contributed by atoms with Crippen LogP contribution in [0.1, 0.15) is 65.8 Å². The van der Waals surface area contributed by atoms with E-state index in [4.69, 9.17) is 0 Å². The lowest BCUT2D eigenvalue weighted by Gasteiger charge is -2.35. The zero-order valence-corrected chi connectivity index (χ0v) is 15.5. The summed E-state index contributed by atoms with van der Waals surface area (Å²) < 4.78 is 14.1. The molecule has 0 aromatic heterocycles. The molecule has 3 aromatic carbocycles. The van der Waals surface area contributed by atoms with Crippen molar-refractivity contribution in [2.24, 2.45) is 0 Å². The van der Waals surface area contributed by atoms with E-state index >= 15 is 0 Å². The van der Waals surface area contributed by atoms with Crippen LogP contribution in [0.5, 0.6) is 0 Å². The molecule has 0 saturated carbocycles.